The predicted octanol–water partition coefficient (Wildman–Crippen LogP) is 2.78. The third-order valence-electron chi connectivity index (χ3n) is 5.98. The summed E-state index contributed by atoms with van der Waals surface area (Å²) >= 11 is 0. The molecule has 0 aromatic carbocycles. The molecule has 0 saturated heterocycles. The molecule has 3 N–H and O–H groups in total. The van der Waals surface area contributed by atoms with Crippen LogP contribution in [0, 0.1) is 0 Å². The molecule has 2 aromatic rings. The summed E-state index contributed by atoms with van der Waals surface area (Å²) in [5.41, 5.74) is -2.17. The van der Waals surface area contributed by atoms with Crippen molar-refractivity contribution in [3.63, 3.8) is 0 Å². The number of alkyl halides is 2. The van der Waals surface area contributed by atoms with Crippen LogP contribution in [-0.2, 0) is 26.1 Å². The summed E-state index contributed by atoms with van der Waals surface area (Å²) in [6, 6.07) is 1.11. The van der Waals surface area contributed by atoms with Crippen molar-refractivity contribution in [2.24, 2.45) is 0 Å². The van der Waals surface area contributed by atoms with E-state index in [2.05, 4.69) is 4.74 Å². The second-order valence-corrected chi connectivity index (χ2v) is 9.38. The number of carbonyl (C=O) groups excluding carboxylic acids is 1. The van der Waals surface area contributed by atoms with Crippen molar-refractivity contribution in [3.8, 4) is 5.75 Å². The highest BCUT2D eigenvalue weighted by Gasteiger charge is 2.55. The minimum atomic E-state index is -6.02. The van der Waals surface area contributed by atoms with Crippen LogP contribution < -0.4 is 4.74 Å². The van der Waals surface area contributed by atoms with Gasteiger partial charge in [-0.1, -0.05) is 25.7 Å². The van der Waals surface area contributed by atoms with Gasteiger partial charge in [-0.15, -0.1) is 0 Å². The van der Waals surface area contributed by atoms with Crippen molar-refractivity contribution in [1.29, 1.82) is 0 Å². The van der Waals surface area contributed by atoms with Crippen LogP contribution in [0.1, 0.15) is 62.5 Å². The topological polar surface area (TPSA) is 134 Å². The first-order valence-electron chi connectivity index (χ1n) is 9.31. The van der Waals surface area contributed by atoms with Gasteiger partial charge in [-0.2, -0.15) is 17.2 Å². The first-order valence-corrected chi connectivity index (χ1v) is 10.7. The highest BCUT2D eigenvalue weighted by molar-refractivity contribution is 7.87. The Labute approximate surface area is 164 Å². The summed E-state index contributed by atoms with van der Waals surface area (Å²) in [4.78, 5) is 11.7. The van der Waals surface area contributed by atoms with Crippen molar-refractivity contribution in [2.75, 3.05) is 0 Å². The van der Waals surface area contributed by atoms with E-state index in [1.165, 1.54) is 0 Å². The van der Waals surface area contributed by atoms with E-state index in [1.807, 2.05) is 0 Å². The number of furan rings is 2. The molecule has 0 radical (unpaired) electrons. The van der Waals surface area contributed by atoms with E-state index in [1.54, 1.807) is 0 Å². The van der Waals surface area contributed by atoms with Gasteiger partial charge in [0.05, 0.1) is 11.2 Å². The Morgan fingerprint density at radius 1 is 1.03 bits per heavy atom. The summed E-state index contributed by atoms with van der Waals surface area (Å²) in [6.45, 7) is 0. The van der Waals surface area contributed by atoms with Gasteiger partial charge in [0.1, 0.15) is 5.58 Å². The number of esters is 1. The number of fused-ring (bicyclic) bond motifs is 2. The average Bonchev–Trinajstić information content (AvgIpc) is 3.37. The smallest absolute Gasteiger partial charge is 0.452 e. The standard InChI is InChI=1S/C18H20F2O8S/c19-18(20,29(24,25)26)15(21)28-11-9-10-12(16(22)5-1-2-6-16)13(14(11)27-10)17(23)7-3-4-8-17/h9,22-23H,1-8H2,(H,24,25,26). The summed E-state index contributed by atoms with van der Waals surface area (Å²) in [5.74, 6) is -2.98. The molecule has 0 unspecified atom stereocenters. The summed E-state index contributed by atoms with van der Waals surface area (Å²) in [7, 11) is -6.02. The lowest BCUT2D eigenvalue weighted by molar-refractivity contribution is -0.151. The van der Waals surface area contributed by atoms with E-state index >= 15 is 0 Å². The summed E-state index contributed by atoms with van der Waals surface area (Å²) in [6.07, 6.45) is 4.51. The van der Waals surface area contributed by atoms with Gasteiger partial charge in [-0.25, -0.2) is 4.79 Å². The number of carbonyl (C=O) groups is 1. The van der Waals surface area contributed by atoms with Gasteiger partial charge in [-0.3, -0.25) is 4.55 Å². The van der Waals surface area contributed by atoms with Gasteiger partial charge < -0.3 is 19.4 Å². The number of hydrogen-bond donors (Lipinski definition) is 3. The zero-order chi connectivity index (χ0) is 21.2. The average molecular weight is 434 g/mol. The van der Waals surface area contributed by atoms with Gasteiger partial charge in [0.2, 0.25) is 0 Å². The molecule has 2 bridgehead atoms. The lowest BCUT2D eigenvalue weighted by Gasteiger charge is -2.30. The molecule has 0 aliphatic heterocycles. The Morgan fingerprint density at radius 3 is 2.00 bits per heavy atom. The molecule has 0 atom stereocenters. The monoisotopic (exact) mass is 434 g/mol. The number of ether oxygens (including phenoxy) is 1. The first kappa shape index (κ1) is 20.5. The zero-order valence-corrected chi connectivity index (χ0v) is 16.1. The third-order valence-corrected chi connectivity index (χ3v) is 6.79. The van der Waals surface area contributed by atoms with E-state index in [0.29, 0.717) is 44.1 Å². The summed E-state index contributed by atoms with van der Waals surface area (Å²) in [5, 5.41) is 17.1. The van der Waals surface area contributed by atoms with Crippen molar-refractivity contribution in [3.05, 3.63) is 17.2 Å². The van der Waals surface area contributed by atoms with E-state index in [9.17, 15) is 32.2 Å². The van der Waals surface area contributed by atoms with Crippen LogP contribution >= 0.6 is 0 Å². The molecule has 2 aliphatic carbocycles. The van der Waals surface area contributed by atoms with Crippen LogP contribution in [0.25, 0.3) is 11.2 Å². The number of rotatable bonds is 5. The molecule has 2 saturated carbocycles. The van der Waals surface area contributed by atoms with Gasteiger partial charge >= 0.3 is 21.3 Å². The van der Waals surface area contributed by atoms with Crippen molar-refractivity contribution >= 4 is 27.3 Å². The molecule has 0 spiro atoms. The molecule has 2 aliphatic rings. The van der Waals surface area contributed by atoms with Gasteiger partial charge in [0.15, 0.2) is 11.3 Å². The van der Waals surface area contributed by atoms with Gasteiger partial charge in [0, 0.05) is 17.2 Å². The number of aliphatic hydroxyl groups is 2. The predicted molar refractivity (Wildman–Crippen MR) is 94.3 cm³/mol. The molecule has 2 aromatic heterocycles. The van der Waals surface area contributed by atoms with Gasteiger partial charge in [0.25, 0.3) is 0 Å². The number of halogens is 2. The zero-order valence-electron chi connectivity index (χ0n) is 15.3. The molecular weight excluding hydrogens is 414 g/mol. The number of hydrogen-bond acceptors (Lipinski definition) is 7. The fraction of sp³-hybridized carbons (Fsp3) is 0.611. The third kappa shape index (κ3) is 3.02. The van der Waals surface area contributed by atoms with Crippen LogP contribution in [0.4, 0.5) is 8.78 Å². The Morgan fingerprint density at radius 2 is 1.52 bits per heavy atom. The van der Waals surface area contributed by atoms with E-state index < -0.39 is 38.3 Å². The molecule has 29 heavy (non-hydrogen) atoms. The minimum Gasteiger partial charge on any atom is -0.452 e. The van der Waals surface area contributed by atoms with Crippen molar-refractivity contribution in [1.82, 2.24) is 0 Å². The Kier molecular flexibility index (Phi) is 4.47. The largest absolute Gasteiger partial charge is 0.466 e. The van der Waals surface area contributed by atoms with Gasteiger partial charge in [-0.05, 0) is 25.7 Å². The SMILES string of the molecule is O=C(Oc1cc2oc1c(C1(O)CCCC1)c2C1(O)CCCC1)C(F)(F)S(=O)(=O)O. The molecule has 2 heterocycles. The Balaban J connectivity index is 1.81. The van der Waals surface area contributed by atoms with Crippen molar-refractivity contribution in [2.45, 2.75) is 67.8 Å². The second-order valence-electron chi connectivity index (χ2n) is 7.91. The highest BCUT2D eigenvalue weighted by atomic mass is 32.2. The Bertz CT molecular complexity index is 1050. The maximum Gasteiger partial charge on any atom is 0.466 e. The highest BCUT2D eigenvalue weighted by Crippen LogP contribution is 2.54. The quantitative estimate of drug-likeness (QED) is 0.372. The molecule has 2 fully saturated rings. The molecule has 0 amide bonds. The molecule has 4 rings (SSSR count). The minimum absolute atomic E-state index is 0.0812. The van der Waals surface area contributed by atoms with Crippen LogP contribution in [0.3, 0.4) is 0 Å². The van der Waals surface area contributed by atoms with E-state index in [4.69, 9.17) is 8.97 Å². The molecular formula is C18H20F2O8S. The van der Waals surface area contributed by atoms with Crippen LogP contribution in [0.5, 0.6) is 5.75 Å². The number of benzene rings is 1. The lowest BCUT2D eigenvalue weighted by atomic mass is 9.80. The first-order chi connectivity index (χ1) is 13.4. The Hall–Kier alpha value is -1.82. The fourth-order valence-electron chi connectivity index (χ4n) is 4.57. The van der Waals surface area contributed by atoms with Crippen molar-refractivity contribution < 1.29 is 45.9 Å². The van der Waals surface area contributed by atoms with Crippen LogP contribution in [-0.4, -0.2) is 34.4 Å². The van der Waals surface area contributed by atoms with E-state index in [0.717, 1.165) is 18.9 Å². The maximum atomic E-state index is 13.6. The van der Waals surface area contributed by atoms with E-state index in [-0.39, 0.29) is 16.7 Å². The van der Waals surface area contributed by atoms with Crippen LogP contribution in [0.15, 0.2) is 10.5 Å². The molecule has 8 nitrogen and oxygen atoms in total. The normalized spacial score (nSPS) is 21.8. The molecule has 160 valence electrons. The molecule has 11 heteroatoms. The fourth-order valence-corrected chi connectivity index (χ4v) is 4.83. The summed E-state index contributed by atoms with van der Waals surface area (Å²) < 4.78 is 67.4. The second kappa shape index (κ2) is 6.34. The van der Waals surface area contributed by atoms with Crippen LogP contribution in [0.2, 0.25) is 0 Å². The lowest BCUT2D eigenvalue weighted by Crippen LogP contribution is -2.40. The maximum absolute atomic E-state index is 13.6.